The Hall–Kier alpha value is -4.26. The van der Waals surface area contributed by atoms with Gasteiger partial charge < -0.3 is 19.6 Å². The average molecular weight is 500 g/mol. The average Bonchev–Trinajstić information content (AvgIpc) is 3.19. The lowest BCUT2D eigenvalue weighted by Gasteiger charge is -2.27. The van der Waals surface area contributed by atoms with Crippen molar-refractivity contribution < 1.29 is 19.4 Å². The largest absolute Gasteiger partial charge is 0.507 e. The van der Waals surface area contributed by atoms with Crippen LogP contribution in [0.1, 0.15) is 31.0 Å². The third kappa shape index (κ3) is 4.77. The van der Waals surface area contributed by atoms with Crippen molar-refractivity contribution in [1.29, 1.82) is 0 Å². The summed E-state index contributed by atoms with van der Waals surface area (Å²) in [4.78, 5) is 32.6. The first-order valence-electron chi connectivity index (χ1n) is 12.4. The van der Waals surface area contributed by atoms with Crippen LogP contribution in [-0.2, 0) is 9.59 Å². The zero-order chi connectivity index (χ0) is 26.7. The molecule has 3 aromatic carbocycles. The molecule has 7 heteroatoms. The van der Waals surface area contributed by atoms with Crippen molar-refractivity contribution in [3.63, 3.8) is 0 Å². The van der Waals surface area contributed by atoms with E-state index in [9.17, 15) is 14.7 Å². The number of rotatable bonds is 8. The molecule has 1 N–H and O–H groups in total. The molecule has 0 bridgehead atoms. The van der Waals surface area contributed by atoms with Crippen molar-refractivity contribution in [2.45, 2.75) is 19.9 Å². The van der Waals surface area contributed by atoms with E-state index >= 15 is 0 Å². The van der Waals surface area contributed by atoms with Crippen LogP contribution < -0.4 is 19.4 Å². The molecule has 0 spiro atoms. The maximum atomic E-state index is 13.5. The molecule has 7 nitrogen and oxygen atoms in total. The van der Waals surface area contributed by atoms with E-state index in [1.807, 2.05) is 67.5 Å². The molecule has 0 aromatic heterocycles. The molecule has 37 heavy (non-hydrogen) atoms. The molecular formula is C30H33N3O4. The van der Waals surface area contributed by atoms with Crippen LogP contribution in [-0.4, -0.2) is 51.1 Å². The minimum Gasteiger partial charge on any atom is -0.507 e. The van der Waals surface area contributed by atoms with Gasteiger partial charge in [0.1, 0.15) is 11.5 Å². The van der Waals surface area contributed by atoms with Gasteiger partial charge in [-0.1, -0.05) is 24.3 Å². The first kappa shape index (κ1) is 25.8. The number of aliphatic hydroxyl groups is 1. The second-order valence-corrected chi connectivity index (χ2v) is 9.04. The summed E-state index contributed by atoms with van der Waals surface area (Å²) >= 11 is 0. The quantitative estimate of drug-likeness (QED) is 0.260. The van der Waals surface area contributed by atoms with Crippen molar-refractivity contribution in [3.8, 4) is 5.75 Å². The highest BCUT2D eigenvalue weighted by Gasteiger charge is 2.47. The molecule has 0 radical (unpaired) electrons. The zero-order valence-electron chi connectivity index (χ0n) is 21.9. The highest BCUT2D eigenvalue weighted by atomic mass is 16.5. The first-order valence-corrected chi connectivity index (χ1v) is 12.4. The molecule has 1 saturated heterocycles. The number of hydrogen-bond acceptors (Lipinski definition) is 6. The number of ketones is 1. The normalized spacial score (nSPS) is 16.7. The Kier molecular flexibility index (Phi) is 7.53. The number of amides is 1. The summed E-state index contributed by atoms with van der Waals surface area (Å²) in [6.45, 7) is 5.89. The molecule has 4 rings (SSSR count). The summed E-state index contributed by atoms with van der Waals surface area (Å²) in [5.74, 6) is -1.28. The number of carbonyl (C=O) groups excluding carboxylic acids is 2. The highest BCUT2D eigenvalue weighted by Crippen LogP contribution is 2.43. The van der Waals surface area contributed by atoms with Crippen molar-refractivity contribution in [2.24, 2.45) is 0 Å². The van der Waals surface area contributed by atoms with Gasteiger partial charge in [-0.05, 0) is 67.9 Å². The zero-order valence-corrected chi connectivity index (χ0v) is 21.9. The lowest BCUT2D eigenvalue weighted by Crippen LogP contribution is -2.29. The van der Waals surface area contributed by atoms with E-state index in [0.717, 1.165) is 24.5 Å². The summed E-state index contributed by atoms with van der Waals surface area (Å²) < 4.78 is 5.43. The number of para-hydroxylation sites is 1. The van der Waals surface area contributed by atoms with Crippen LogP contribution >= 0.6 is 0 Å². The number of aliphatic hydroxyl groups excluding tert-OH is 1. The Morgan fingerprint density at radius 3 is 2.05 bits per heavy atom. The summed E-state index contributed by atoms with van der Waals surface area (Å²) in [5.41, 5.74) is 3.70. The standard InChI is InChI=1S/C30H33N3O4/c1-6-32(7-2)22-16-18-23(19-17-22)33-27(20-12-14-21(15-13-20)31(3)4)26(29(35)30(33)36)28(34)24-10-8-9-11-25(24)37-5/h8-19,27,34H,6-7H2,1-5H3/b28-26-. The second kappa shape index (κ2) is 10.8. The Labute approximate surface area is 218 Å². The second-order valence-electron chi connectivity index (χ2n) is 9.04. The Morgan fingerprint density at radius 1 is 0.892 bits per heavy atom. The molecular weight excluding hydrogens is 466 g/mol. The number of nitrogens with zero attached hydrogens (tertiary/aromatic N) is 3. The van der Waals surface area contributed by atoms with Gasteiger partial charge in [-0.15, -0.1) is 0 Å². The number of hydrogen-bond donors (Lipinski definition) is 1. The van der Waals surface area contributed by atoms with Crippen LogP contribution in [0.5, 0.6) is 5.75 Å². The van der Waals surface area contributed by atoms with E-state index < -0.39 is 17.7 Å². The van der Waals surface area contributed by atoms with Crippen molar-refractivity contribution >= 4 is 34.5 Å². The number of Topliss-reactive ketones (excluding diaryl/α,β-unsaturated/α-hetero) is 1. The molecule has 1 amide bonds. The molecule has 1 aliphatic rings. The third-order valence-corrected chi connectivity index (χ3v) is 6.79. The number of carbonyl (C=O) groups is 2. The topological polar surface area (TPSA) is 73.3 Å². The lowest BCUT2D eigenvalue weighted by atomic mass is 9.94. The van der Waals surface area contributed by atoms with Crippen LogP contribution in [0.4, 0.5) is 17.1 Å². The fourth-order valence-corrected chi connectivity index (χ4v) is 4.77. The molecule has 3 aromatic rings. The van der Waals surface area contributed by atoms with Gasteiger partial charge in [-0.2, -0.15) is 0 Å². The molecule has 1 atom stereocenters. The van der Waals surface area contributed by atoms with Gasteiger partial charge in [0.05, 0.1) is 24.3 Å². The predicted molar refractivity (Wildman–Crippen MR) is 149 cm³/mol. The van der Waals surface area contributed by atoms with Gasteiger partial charge in [0, 0.05) is 44.2 Å². The van der Waals surface area contributed by atoms with Crippen LogP contribution in [0, 0.1) is 0 Å². The molecule has 1 aliphatic heterocycles. The fourth-order valence-electron chi connectivity index (χ4n) is 4.77. The number of methoxy groups -OCH3 is 1. The number of anilines is 3. The molecule has 1 unspecified atom stereocenters. The summed E-state index contributed by atoms with van der Waals surface area (Å²) in [5, 5.41) is 11.4. The van der Waals surface area contributed by atoms with Gasteiger partial charge in [-0.3, -0.25) is 14.5 Å². The van der Waals surface area contributed by atoms with Crippen molar-refractivity contribution in [3.05, 3.63) is 89.5 Å². The third-order valence-electron chi connectivity index (χ3n) is 6.79. The van der Waals surface area contributed by atoms with E-state index in [2.05, 4.69) is 18.7 Å². The Morgan fingerprint density at radius 2 is 1.49 bits per heavy atom. The van der Waals surface area contributed by atoms with E-state index in [1.54, 1.807) is 24.3 Å². The molecule has 0 aliphatic carbocycles. The molecule has 0 saturated carbocycles. The summed E-state index contributed by atoms with van der Waals surface area (Å²) in [6, 6.07) is 21.4. The Balaban J connectivity index is 1.89. The maximum absolute atomic E-state index is 13.5. The Bertz CT molecular complexity index is 1310. The molecule has 1 fully saturated rings. The van der Waals surface area contributed by atoms with Crippen LogP contribution in [0.15, 0.2) is 78.4 Å². The smallest absolute Gasteiger partial charge is 0.300 e. The van der Waals surface area contributed by atoms with Crippen LogP contribution in [0.3, 0.4) is 0 Å². The van der Waals surface area contributed by atoms with E-state index in [4.69, 9.17) is 4.74 Å². The summed E-state index contributed by atoms with van der Waals surface area (Å²) in [6.07, 6.45) is 0. The molecule has 1 heterocycles. The number of ether oxygens (including phenoxy) is 1. The van der Waals surface area contributed by atoms with Gasteiger partial charge in [-0.25, -0.2) is 0 Å². The van der Waals surface area contributed by atoms with Gasteiger partial charge >= 0.3 is 0 Å². The lowest BCUT2D eigenvalue weighted by molar-refractivity contribution is -0.132. The fraction of sp³-hybridized carbons (Fsp3) is 0.267. The minimum atomic E-state index is -0.805. The van der Waals surface area contributed by atoms with E-state index in [1.165, 1.54) is 12.0 Å². The van der Waals surface area contributed by atoms with Gasteiger partial charge in [0.25, 0.3) is 11.7 Å². The van der Waals surface area contributed by atoms with Crippen molar-refractivity contribution in [1.82, 2.24) is 0 Å². The number of benzene rings is 3. The maximum Gasteiger partial charge on any atom is 0.300 e. The van der Waals surface area contributed by atoms with E-state index in [-0.39, 0.29) is 11.3 Å². The van der Waals surface area contributed by atoms with Gasteiger partial charge in [0.2, 0.25) is 0 Å². The first-order chi connectivity index (χ1) is 17.8. The molecule has 192 valence electrons. The van der Waals surface area contributed by atoms with Crippen LogP contribution in [0.2, 0.25) is 0 Å². The van der Waals surface area contributed by atoms with Crippen LogP contribution in [0.25, 0.3) is 5.76 Å². The SMILES string of the molecule is CCN(CC)c1ccc(N2C(=O)C(=O)/C(=C(\O)c3ccccc3OC)C2c2ccc(N(C)C)cc2)cc1. The highest BCUT2D eigenvalue weighted by molar-refractivity contribution is 6.51. The predicted octanol–water partition coefficient (Wildman–Crippen LogP) is 5.23. The van der Waals surface area contributed by atoms with Gasteiger partial charge in [0.15, 0.2) is 0 Å². The van der Waals surface area contributed by atoms with Crippen molar-refractivity contribution in [2.75, 3.05) is 49.0 Å². The minimum absolute atomic E-state index is 0.0277. The monoisotopic (exact) mass is 499 g/mol. The summed E-state index contributed by atoms with van der Waals surface area (Å²) in [7, 11) is 5.39. The van der Waals surface area contributed by atoms with E-state index in [0.29, 0.717) is 22.6 Å².